The van der Waals surface area contributed by atoms with Gasteiger partial charge in [-0.2, -0.15) is 0 Å². The third-order valence-corrected chi connectivity index (χ3v) is 4.02. The number of aliphatic carboxylic acids is 1. The van der Waals surface area contributed by atoms with Gasteiger partial charge >= 0.3 is 5.97 Å². The number of aromatic nitrogens is 2. The Kier molecular flexibility index (Phi) is 7.62. The molecule has 0 bridgehead atoms. The van der Waals surface area contributed by atoms with E-state index in [1.807, 2.05) is 44.2 Å². The zero-order valence-electron chi connectivity index (χ0n) is 15.8. The summed E-state index contributed by atoms with van der Waals surface area (Å²) in [4.78, 5) is 44.5. The number of benzene rings is 1. The van der Waals surface area contributed by atoms with Crippen LogP contribution in [-0.2, 0) is 16.0 Å². The lowest BCUT2D eigenvalue weighted by atomic mass is 10.0. The summed E-state index contributed by atoms with van der Waals surface area (Å²) in [6, 6.07) is 7.18. The summed E-state index contributed by atoms with van der Waals surface area (Å²) in [6.45, 7) is 3.75. The van der Waals surface area contributed by atoms with Crippen LogP contribution in [0.25, 0.3) is 0 Å². The molecule has 0 aliphatic heterocycles. The SMILES string of the molecule is CC(C)CC(NC(=O)C(Cc1ccccc1)NC(=O)c1cnccn1)C(=O)O. The predicted octanol–water partition coefficient (Wildman–Crippen LogP) is 1.43. The number of rotatable bonds is 9. The van der Waals surface area contributed by atoms with E-state index in [9.17, 15) is 19.5 Å². The van der Waals surface area contributed by atoms with E-state index < -0.39 is 29.9 Å². The number of carbonyl (C=O) groups is 3. The Morgan fingerprint density at radius 2 is 1.75 bits per heavy atom. The van der Waals surface area contributed by atoms with Gasteiger partial charge in [-0.25, -0.2) is 9.78 Å². The number of nitrogens with one attached hydrogen (secondary N) is 2. The molecule has 0 saturated carbocycles. The van der Waals surface area contributed by atoms with Gasteiger partial charge in [0.1, 0.15) is 17.8 Å². The van der Waals surface area contributed by atoms with Gasteiger partial charge < -0.3 is 15.7 Å². The maximum atomic E-state index is 12.8. The Labute approximate surface area is 163 Å². The number of carboxylic acids is 1. The highest BCUT2D eigenvalue weighted by Gasteiger charge is 2.27. The van der Waals surface area contributed by atoms with Gasteiger partial charge in [0.2, 0.25) is 5.91 Å². The molecule has 0 aliphatic rings. The Bertz CT molecular complexity index is 796. The molecule has 1 aromatic carbocycles. The van der Waals surface area contributed by atoms with Gasteiger partial charge in [-0.3, -0.25) is 14.6 Å². The summed E-state index contributed by atoms with van der Waals surface area (Å²) in [5.41, 5.74) is 0.906. The Morgan fingerprint density at radius 1 is 1.04 bits per heavy atom. The topological polar surface area (TPSA) is 121 Å². The predicted molar refractivity (Wildman–Crippen MR) is 102 cm³/mol. The fourth-order valence-corrected chi connectivity index (χ4v) is 2.67. The van der Waals surface area contributed by atoms with E-state index >= 15 is 0 Å². The first-order chi connectivity index (χ1) is 13.4. The molecule has 0 saturated heterocycles. The van der Waals surface area contributed by atoms with Crippen molar-refractivity contribution in [1.82, 2.24) is 20.6 Å². The second kappa shape index (κ2) is 10.1. The van der Waals surface area contributed by atoms with Crippen LogP contribution in [0.1, 0.15) is 36.3 Å². The van der Waals surface area contributed by atoms with Gasteiger partial charge in [0, 0.05) is 18.8 Å². The first-order valence-corrected chi connectivity index (χ1v) is 9.00. The van der Waals surface area contributed by atoms with Gasteiger partial charge in [0.25, 0.3) is 5.91 Å². The van der Waals surface area contributed by atoms with Crippen LogP contribution in [-0.4, -0.2) is 44.9 Å². The van der Waals surface area contributed by atoms with Crippen molar-refractivity contribution >= 4 is 17.8 Å². The summed E-state index contributed by atoms with van der Waals surface area (Å²) >= 11 is 0. The average Bonchev–Trinajstić information content (AvgIpc) is 2.68. The minimum atomic E-state index is -1.11. The highest BCUT2D eigenvalue weighted by molar-refractivity contribution is 5.96. The summed E-state index contributed by atoms with van der Waals surface area (Å²) in [7, 11) is 0. The largest absolute Gasteiger partial charge is 0.480 e. The molecule has 2 amide bonds. The van der Waals surface area contributed by atoms with Crippen molar-refractivity contribution in [3.8, 4) is 0 Å². The summed E-state index contributed by atoms with van der Waals surface area (Å²) in [6.07, 6.45) is 4.62. The smallest absolute Gasteiger partial charge is 0.326 e. The maximum Gasteiger partial charge on any atom is 0.326 e. The molecule has 0 radical (unpaired) electrons. The molecule has 148 valence electrons. The van der Waals surface area contributed by atoms with E-state index in [0.717, 1.165) is 5.56 Å². The monoisotopic (exact) mass is 384 g/mol. The molecular weight excluding hydrogens is 360 g/mol. The number of hydrogen-bond acceptors (Lipinski definition) is 5. The summed E-state index contributed by atoms with van der Waals surface area (Å²) < 4.78 is 0. The fourth-order valence-electron chi connectivity index (χ4n) is 2.67. The number of nitrogens with zero attached hydrogens (tertiary/aromatic N) is 2. The minimum Gasteiger partial charge on any atom is -0.480 e. The van der Waals surface area contributed by atoms with E-state index in [1.54, 1.807) is 0 Å². The van der Waals surface area contributed by atoms with Crippen LogP contribution in [0.5, 0.6) is 0 Å². The highest BCUT2D eigenvalue weighted by Crippen LogP contribution is 2.08. The third kappa shape index (κ3) is 6.46. The quantitative estimate of drug-likeness (QED) is 0.601. The molecule has 3 N–H and O–H groups in total. The molecule has 8 heteroatoms. The van der Waals surface area contributed by atoms with E-state index in [4.69, 9.17) is 0 Å². The van der Waals surface area contributed by atoms with Gasteiger partial charge in [0.05, 0.1) is 6.20 Å². The van der Waals surface area contributed by atoms with Crippen molar-refractivity contribution in [3.05, 3.63) is 60.2 Å². The first-order valence-electron chi connectivity index (χ1n) is 9.00. The Balaban J connectivity index is 2.17. The fraction of sp³-hybridized carbons (Fsp3) is 0.350. The molecule has 2 unspecified atom stereocenters. The average molecular weight is 384 g/mol. The zero-order valence-corrected chi connectivity index (χ0v) is 15.8. The van der Waals surface area contributed by atoms with Crippen molar-refractivity contribution in [2.45, 2.75) is 38.8 Å². The number of carboxylic acid groups (broad SMARTS) is 1. The molecule has 2 aromatic rings. The van der Waals surface area contributed by atoms with Crippen molar-refractivity contribution in [3.63, 3.8) is 0 Å². The molecule has 0 aliphatic carbocycles. The number of carbonyl (C=O) groups excluding carboxylic acids is 2. The maximum absolute atomic E-state index is 12.8. The summed E-state index contributed by atoms with van der Waals surface area (Å²) in [5, 5.41) is 14.6. The molecule has 2 atom stereocenters. The molecule has 28 heavy (non-hydrogen) atoms. The van der Waals surface area contributed by atoms with Crippen molar-refractivity contribution < 1.29 is 19.5 Å². The van der Waals surface area contributed by atoms with Gasteiger partial charge in [-0.1, -0.05) is 44.2 Å². The molecule has 0 spiro atoms. The van der Waals surface area contributed by atoms with Gasteiger partial charge in [-0.05, 0) is 17.9 Å². The lowest BCUT2D eigenvalue weighted by Gasteiger charge is -2.22. The number of hydrogen-bond donors (Lipinski definition) is 3. The van der Waals surface area contributed by atoms with E-state index in [2.05, 4.69) is 20.6 Å². The van der Waals surface area contributed by atoms with E-state index in [1.165, 1.54) is 18.6 Å². The van der Waals surface area contributed by atoms with Gasteiger partial charge in [-0.15, -0.1) is 0 Å². The molecule has 1 aromatic heterocycles. The molecule has 2 rings (SSSR count). The van der Waals surface area contributed by atoms with Gasteiger partial charge in [0.15, 0.2) is 0 Å². The van der Waals surface area contributed by atoms with Crippen LogP contribution >= 0.6 is 0 Å². The molecule has 0 fully saturated rings. The second-order valence-electron chi connectivity index (χ2n) is 6.84. The van der Waals surface area contributed by atoms with Crippen LogP contribution in [0.3, 0.4) is 0 Å². The second-order valence-corrected chi connectivity index (χ2v) is 6.84. The van der Waals surface area contributed by atoms with Crippen LogP contribution in [0, 0.1) is 5.92 Å². The number of amides is 2. The van der Waals surface area contributed by atoms with Crippen LogP contribution in [0.4, 0.5) is 0 Å². The van der Waals surface area contributed by atoms with E-state index in [0.29, 0.717) is 0 Å². The normalized spacial score (nSPS) is 12.8. The Morgan fingerprint density at radius 3 is 2.32 bits per heavy atom. The Hall–Kier alpha value is -3.29. The zero-order chi connectivity index (χ0) is 20.5. The molecule has 8 nitrogen and oxygen atoms in total. The molecule has 1 heterocycles. The van der Waals surface area contributed by atoms with Crippen LogP contribution in [0.2, 0.25) is 0 Å². The van der Waals surface area contributed by atoms with Crippen molar-refractivity contribution in [2.24, 2.45) is 5.92 Å². The summed E-state index contributed by atoms with van der Waals surface area (Å²) in [5.74, 6) is -2.14. The van der Waals surface area contributed by atoms with Crippen LogP contribution in [0.15, 0.2) is 48.9 Å². The standard InChI is InChI=1S/C20H24N4O4/c1-13(2)10-16(20(27)28)24-18(25)15(11-14-6-4-3-5-7-14)23-19(26)17-12-21-8-9-22-17/h3-9,12-13,15-16H,10-11H2,1-2H3,(H,23,26)(H,24,25)(H,27,28). The van der Waals surface area contributed by atoms with Crippen molar-refractivity contribution in [1.29, 1.82) is 0 Å². The molecular formula is C20H24N4O4. The van der Waals surface area contributed by atoms with Crippen molar-refractivity contribution in [2.75, 3.05) is 0 Å². The first kappa shape index (κ1) is 21.0. The van der Waals surface area contributed by atoms with Crippen LogP contribution < -0.4 is 10.6 Å². The highest BCUT2D eigenvalue weighted by atomic mass is 16.4. The minimum absolute atomic E-state index is 0.0744. The lowest BCUT2D eigenvalue weighted by Crippen LogP contribution is -2.52. The lowest BCUT2D eigenvalue weighted by molar-refractivity contribution is -0.142. The van der Waals surface area contributed by atoms with E-state index in [-0.39, 0.29) is 24.5 Å². The third-order valence-electron chi connectivity index (χ3n) is 4.02.